The molecule has 1 amide bonds. The Bertz CT molecular complexity index is 780. The van der Waals surface area contributed by atoms with Crippen molar-refractivity contribution in [2.45, 2.75) is 51.7 Å². The number of nitrogens with zero attached hydrogens (tertiary/aromatic N) is 3. The molecule has 6 nitrogen and oxygen atoms in total. The van der Waals surface area contributed by atoms with E-state index >= 15 is 0 Å². The second-order valence-electron chi connectivity index (χ2n) is 7.06. The lowest BCUT2D eigenvalue weighted by Crippen LogP contribution is -2.31. The van der Waals surface area contributed by atoms with Crippen LogP contribution in [0.3, 0.4) is 0 Å². The monoisotopic (exact) mass is 355 g/mol. The molecule has 3 rings (SSSR count). The second kappa shape index (κ2) is 7.83. The third-order valence-electron chi connectivity index (χ3n) is 4.63. The Morgan fingerprint density at radius 1 is 1.38 bits per heavy atom. The van der Waals surface area contributed by atoms with E-state index in [1.807, 2.05) is 12.2 Å². The number of β-amino-alcohol motifs (C(OH)–C–C–N with tert-alkyl or cyclic N) is 1. The van der Waals surface area contributed by atoms with Crippen LogP contribution >= 0.6 is 0 Å². The van der Waals surface area contributed by atoms with Gasteiger partial charge in [0.15, 0.2) is 5.82 Å². The normalized spacial score (nSPS) is 20.4. The zero-order chi connectivity index (χ0) is 18.7. The number of benzene rings is 1. The highest BCUT2D eigenvalue weighted by atomic mass is 16.5. The number of hydrogen-bond donors (Lipinski definition) is 1. The molecule has 2 atom stereocenters. The van der Waals surface area contributed by atoms with Gasteiger partial charge in [-0.15, -0.1) is 0 Å². The van der Waals surface area contributed by atoms with Crippen LogP contribution in [0.1, 0.15) is 61.5 Å². The lowest BCUT2D eigenvalue weighted by atomic mass is 10.0. The average molecular weight is 355 g/mol. The largest absolute Gasteiger partial charge is 0.391 e. The maximum absolute atomic E-state index is 12.6. The Kier molecular flexibility index (Phi) is 5.52. The van der Waals surface area contributed by atoms with Gasteiger partial charge in [0, 0.05) is 19.4 Å². The SMILES string of the molecule is Cc1noc([C@H]2C[C@H](O)CN2C(=O)C/C=C/c2ccc(C(C)C)cc2)n1. The fourth-order valence-electron chi connectivity index (χ4n) is 3.18. The van der Waals surface area contributed by atoms with E-state index < -0.39 is 6.10 Å². The van der Waals surface area contributed by atoms with Crippen LogP contribution in [0, 0.1) is 6.92 Å². The number of aliphatic hydroxyl groups is 1. The van der Waals surface area contributed by atoms with E-state index in [1.54, 1.807) is 11.8 Å². The van der Waals surface area contributed by atoms with Crippen LogP contribution < -0.4 is 0 Å². The zero-order valence-corrected chi connectivity index (χ0v) is 15.4. The predicted molar refractivity (Wildman–Crippen MR) is 98.3 cm³/mol. The number of aliphatic hydroxyl groups excluding tert-OH is 1. The van der Waals surface area contributed by atoms with Gasteiger partial charge < -0.3 is 14.5 Å². The van der Waals surface area contributed by atoms with Gasteiger partial charge in [-0.1, -0.05) is 55.4 Å². The van der Waals surface area contributed by atoms with Crippen molar-refractivity contribution in [2.75, 3.05) is 6.54 Å². The molecule has 0 aliphatic carbocycles. The van der Waals surface area contributed by atoms with Gasteiger partial charge in [-0.05, 0) is 24.0 Å². The molecule has 0 radical (unpaired) electrons. The highest BCUT2D eigenvalue weighted by Gasteiger charge is 2.38. The van der Waals surface area contributed by atoms with Crippen LogP contribution in [0.15, 0.2) is 34.9 Å². The minimum Gasteiger partial charge on any atom is -0.391 e. The molecule has 0 saturated carbocycles. The fraction of sp³-hybridized carbons (Fsp3) is 0.450. The van der Waals surface area contributed by atoms with E-state index in [-0.39, 0.29) is 18.4 Å². The van der Waals surface area contributed by atoms with E-state index in [4.69, 9.17) is 4.52 Å². The number of amides is 1. The van der Waals surface area contributed by atoms with Crippen LogP contribution in [0.4, 0.5) is 0 Å². The maximum Gasteiger partial charge on any atom is 0.249 e. The Labute approximate surface area is 153 Å². The van der Waals surface area contributed by atoms with Gasteiger partial charge in [0.2, 0.25) is 11.8 Å². The molecule has 1 saturated heterocycles. The summed E-state index contributed by atoms with van der Waals surface area (Å²) in [5.74, 6) is 1.36. The Morgan fingerprint density at radius 3 is 2.73 bits per heavy atom. The molecule has 1 aliphatic heterocycles. The Morgan fingerprint density at radius 2 is 2.12 bits per heavy atom. The smallest absolute Gasteiger partial charge is 0.249 e. The second-order valence-corrected chi connectivity index (χ2v) is 7.06. The number of hydrogen-bond acceptors (Lipinski definition) is 5. The number of carbonyl (C=O) groups excluding carboxylic acids is 1. The van der Waals surface area contributed by atoms with Gasteiger partial charge in [0.05, 0.1) is 6.10 Å². The third-order valence-corrected chi connectivity index (χ3v) is 4.63. The highest BCUT2D eigenvalue weighted by molar-refractivity contribution is 5.79. The number of rotatable bonds is 5. The molecule has 6 heteroatoms. The van der Waals surface area contributed by atoms with Gasteiger partial charge >= 0.3 is 0 Å². The summed E-state index contributed by atoms with van der Waals surface area (Å²) in [5.41, 5.74) is 2.36. The summed E-state index contributed by atoms with van der Waals surface area (Å²) >= 11 is 0. The number of carbonyl (C=O) groups is 1. The minimum atomic E-state index is -0.566. The van der Waals surface area contributed by atoms with Crippen molar-refractivity contribution in [3.63, 3.8) is 0 Å². The van der Waals surface area contributed by atoms with E-state index in [2.05, 4.69) is 48.3 Å². The fourth-order valence-corrected chi connectivity index (χ4v) is 3.18. The maximum atomic E-state index is 12.6. The summed E-state index contributed by atoms with van der Waals surface area (Å²) < 4.78 is 5.20. The molecule has 1 aromatic carbocycles. The highest BCUT2D eigenvalue weighted by Crippen LogP contribution is 2.31. The zero-order valence-electron chi connectivity index (χ0n) is 15.4. The lowest BCUT2D eigenvalue weighted by molar-refractivity contribution is -0.131. The van der Waals surface area contributed by atoms with Crippen LogP contribution in [0.5, 0.6) is 0 Å². The van der Waals surface area contributed by atoms with Gasteiger partial charge in [-0.3, -0.25) is 4.79 Å². The molecule has 1 N–H and O–H groups in total. The molecule has 2 aromatic rings. The molecule has 1 fully saturated rings. The first-order valence-corrected chi connectivity index (χ1v) is 8.98. The molecule has 138 valence electrons. The summed E-state index contributed by atoms with van der Waals surface area (Å²) in [4.78, 5) is 18.4. The first-order chi connectivity index (χ1) is 12.4. The van der Waals surface area contributed by atoms with E-state index in [1.165, 1.54) is 5.56 Å². The van der Waals surface area contributed by atoms with Crippen molar-refractivity contribution in [1.29, 1.82) is 0 Å². The molecule has 26 heavy (non-hydrogen) atoms. The van der Waals surface area contributed by atoms with Crippen molar-refractivity contribution >= 4 is 12.0 Å². The quantitative estimate of drug-likeness (QED) is 0.891. The van der Waals surface area contributed by atoms with Crippen molar-refractivity contribution < 1.29 is 14.4 Å². The molecule has 0 spiro atoms. The Hall–Kier alpha value is -2.47. The lowest BCUT2D eigenvalue weighted by Gasteiger charge is -2.20. The van der Waals surface area contributed by atoms with Crippen LogP contribution in [0.25, 0.3) is 6.08 Å². The molecule has 0 unspecified atom stereocenters. The Balaban J connectivity index is 1.63. The van der Waals surface area contributed by atoms with Gasteiger partial charge in [-0.2, -0.15) is 4.98 Å². The number of aryl methyl sites for hydroxylation is 1. The van der Waals surface area contributed by atoms with Gasteiger partial charge in [0.1, 0.15) is 6.04 Å². The molecule has 2 heterocycles. The summed E-state index contributed by atoms with van der Waals surface area (Å²) in [7, 11) is 0. The summed E-state index contributed by atoms with van der Waals surface area (Å²) in [5, 5.41) is 13.7. The molecule has 0 bridgehead atoms. The van der Waals surface area contributed by atoms with Crippen molar-refractivity contribution in [3.8, 4) is 0 Å². The molecular formula is C20H25N3O3. The van der Waals surface area contributed by atoms with Gasteiger partial charge in [-0.25, -0.2) is 0 Å². The topological polar surface area (TPSA) is 79.5 Å². The molecular weight excluding hydrogens is 330 g/mol. The summed E-state index contributed by atoms with van der Waals surface area (Å²) in [6.07, 6.45) is 3.92. The van der Waals surface area contributed by atoms with Gasteiger partial charge in [0.25, 0.3) is 0 Å². The van der Waals surface area contributed by atoms with E-state index in [0.717, 1.165) is 5.56 Å². The van der Waals surface area contributed by atoms with Crippen LogP contribution in [-0.4, -0.2) is 38.7 Å². The summed E-state index contributed by atoms with van der Waals surface area (Å²) in [6, 6.07) is 7.98. The number of aromatic nitrogens is 2. The molecule has 1 aliphatic rings. The first kappa shape index (κ1) is 18.3. The van der Waals surface area contributed by atoms with Crippen molar-refractivity contribution in [2.24, 2.45) is 0 Å². The van der Waals surface area contributed by atoms with E-state index in [9.17, 15) is 9.90 Å². The van der Waals surface area contributed by atoms with Crippen LogP contribution in [-0.2, 0) is 4.79 Å². The van der Waals surface area contributed by atoms with Crippen molar-refractivity contribution in [3.05, 3.63) is 53.2 Å². The molecule has 1 aromatic heterocycles. The van der Waals surface area contributed by atoms with E-state index in [0.29, 0.717) is 30.6 Å². The van der Waals surface area contributed by atoms with Crippen LogP contribution in [0.2, 0.25) is 0 Å². The van der Waals surface area contributed by atoms with Crippen molar-refractivity contribution in [1.82, 2.24) is 15.0 Å². The number of likely N-dealkylation sites (tertiary alicyclic amines) is 1. The average Bonchev–Trinajstić information content (AvgIpc) is 3.21. The standard InChI is InChI=1S/C20H25N3O3/c1-13(2)16-9-7-15(8-10-16)5-4-6-19(25)23-12-17(24)11-18(23)20-21-14(3)22-26-20/h4-5,7-10,13,17-18,24H,6,11-12H2,1-3H3/b5-4+/t17-,18+/m0/s1. The third kappa shape index (κ3) is 4.19. The first-order valence-electron chi connectivity index (χ1n) is 8.98. The summed E-state index contributed by atoms with van der Waals surface area (Å²) in [6.45, 7) is 6.35. The minimum absolute atomic E-state index is 0.0579. The predicted octanol–water partition coefficient (Wildman–Crippen LogP) is 3.24.